The van der Waals surface area contributed by atoms with E-state index in [1.807, 2.05) is 19.1 Å². The summed E-state index contributed by atoms with van der Waals surface area (Å²) in [7, 11) is 1.35. The Morgan fingerprint density at radius 3 is 2.58 bits per heavy atom. The number of methoxy groups -OCH3 is 1. The van der Waals surface area contributed by atoms with Crippen LogP contribution in [0.2, 0.25) is 0 Å². The molecule has 0 aromatic heterocycles. The Morgan fingerprint density at radius 2 is 1.88 bits per heavy atom. The third-order valence-electron chi connectivity index (χ3n) is 10.7. The van der Waals surface area contributed by atoms with Crippen LogP contribution in [0.5, 0.6) is 11.5 Å². The van der Waals surface area contributed by atoms with Crippen molar-refractivity contribution in [1.29, 1.82) is 0 Å². The maximum Gasteiger partial charge on any atom is 0.410 e. The average Bonchev–Trinajstić information content (AvgIpc) is 3.99. The largest absolute Gasteiger partial charge is 0.492 e. The van der Waals surface area contributed by atoms with E-state index in [1.54, 1.807) is 11.0 Å². The summed E-state index contributed by atoms with van der Waals surface area (Å²) in [5.74, 6) is -0.315. The predicted octanol–water partition coefficient (Wildman–Crippen LogP) is 4.11. The summed E-state index contributed by atoms with van der Waals surface area (Å²) in [6.45, 7) is 10.6. The first kappa shape index (κ1) is 40.0. The van der Waals surface area contributed by atoms with Gasteiger partial charge >= 0.3 is 6.09 Å². The van der Waals surface area contributed by atoms with E-state index in [4.69, 9.17) is 33.7 Å². The van der Waals surface area contributed by atoms with Gasteiger partial charge in [0.2, 0.25) is 5.79 Å². The normalized spacial score (nSPS) is 26.8. The number of carbonyl (C=O) groups is 1. The molecule has 0 spiro atoms. The molecule has 1 amide bonds. The quantitative estimate of drug-likeness (QED) is 0.0646. The Kier molecular flexibility index (Phi) is 15.2. The second kappa shape index (κ2) is 19.8. The summed E-state index contributed by atoms with van der Waals surface area (Å²) >= 11 is 0. The standard InChI is InChI=1S/C39H59N3O10/c1-4-21-50-39-35(42(38(46)47-3)17-22-48-24-20-45)27-33(40-51-5-2)31-25-28(10-6-8-18-43)30(11-7-9-19-44)36(37(31)39)32-26-29(12-13-34(32)52-39)49-23-16-41-14-15-41/h4,12-13,25-26,28,30,35-37,43-45H,1,5-11,14-24,27H2,2-3H3. The fraction of sp³-hybridized carbons (Fsp3) is 0.692. The zero-order valence-corrected chi connectivity index (χ0v) is 31.0. The van der Waals surface area contributed by atoms with Gasteiger partial charge in [0.05, 0.1) is 45.2 Å². The number of carbonyl (C=O) groups excluding carboxylic acids is 1. The van der Waals surface area contributed by atoms with Crippen LogP contribution >= 0.6 is 0 Å². The third kappa shape index (κ3) is 9.29. The fourth-order valence-corrected chi connectivity index (χ4v) is 8.29. The van der Waals surface area contributed by atoms with Crippen LogP contribution in [0.4, 0.5) is 4.79 Å². The highest BCUT2D eigenvalue weighted by Gasteiger charge is 2.65. The topological polar surface area (TPSA) is 152 Å². The number of aliphatic hydroxyl groups is 3. The van der Waals surface area contributed by atoms with E-state index in [0.29, 0.717) is 37.5 Å². The van der Waals surface area contributed by atoms with Crippen LogP contribution in [0.3, 0.4) is 0 Å². The molecule has 5 rings (SSSR count). The molecule has 13 nitrogen and oxygen atoms in total. The zero-order chi connectivity index (χ0) is 36.9. The average molecular weight is 730 g/mol. The van der Waals surface area contributed by atoms with Gasteiger partial charge in [0.25, 0.3) is 0 Å². The number of hydrogen-bond acceptors (Lipinski definition) is 12. The molecule has 2 aliphatic heterocycles. The molecule has 2 aliphatic carbocycles. The first-order valence-corrected chi connectivity index (χ1v) is 19.0. The van der Waals surface area contributed by atoms with E-state index in [9.17, 15) is 20.1 Å². The first-order valence-electron chi connectivity index (χ1n) is 19.0. The smallest absolute Gasteiger partial charge is 0.410 e. The highest BCUT2D eigenvalue weighted by molar-refractivity contribution is 6.02. The molecule has 1 saturated carbocycles. The van der Waals surface area contributed by atoms with Gasteiger partial charge in [-0.3, -0.25) is 9.80 Å². The Bertz CT molecular complexity index is 1370. The number of unbranched alkanes of at least 4 members (excludes halogenated alkanes) is 2. The minimum absolute atomic E-state index is 0.104. The predicted molar refractivity (Wildman–Crippen MR) is 196 cm³/mol. The van der Waals surface area contributed by atoms with Gasteiger partial charge in [0.15, 0.2) is 0 Å². The monoisotopic (exact) mass is 729 g/mol. The highest BCUT2D eigenvalue weighted by Crippen LogP contribution is 2.62. The maximum atomic E-state index is 13.7. The van der Waals surface area contributed by atoms with E-state index < -0.39 is 23.8 Å². The van der Waals surface area contributed by atoms with Gasteiger partial charge in [-0.05, 0) is 68.2 Å². The van der Waals surface area contributed by atoms with Crippen LogP contribution < -0.4 is 9.47 Å². The maximum absolute atomic E-state index is 13.7. The van der Waals surface area contributed by atoms with Gasteiger partial charge in [-0.1, -0.05) is 30.1 Å². The van der Waals surface area contributed by atoms with Crippen LogP contribution in [0.15, 0.2) is 47.7 Å². The van der Waals surface area contributed by atoms with E-state index in [-0.39, 0.29) is 70.4 Å². The molecule has 2 heterocycles. The molecule has 0 bridgehead atoms. The Hall–Kier alpha value is -3.20. The number of oxime groups is 1. The summed E-state index contributed by atoms with van der Waals surface area (Å²) < 4.78 is 31.4. The number of fused-ring (bicyclic) bond motifs is 2. The highest BCUT2D eigenvalue weighted by atomic mass is 16.7. The molecule has 2 fully saturated rings. The molecular weight excluding hydrogens is 670 g/mol. The third-order valence-corrected chi connectivity index (χ3v) is 10.7. The number of aliphatic hydroxyl groups excluding tert-OH is 3. The van der Waals surface area contributed by atoms with Crippen LogP contribution in [0.1, 0.15) is 63.4 Å². The summed E-state index contributed by atoms with van der Waals surface area (Å²) in [5, 5.41) is 33.6. The van der Waals surface area contributed by atoms with Crippen molar-refractivity contribution in [2.45, 2.75) is 69.6 Å². The van der Waals surface area contributed by atoms with Gasteiger partial charge in [-0.25, -0.2) is 4.79 Å². The molecular formula is C39H59N3O10. The summed E-state index contributed by atoms with van der Waals surface area (Å²) in [6.07, 6.45) is 8.45. The first-order chi connectivity index (χ1) is 25.5. The number of nitrogens with zero attached hydrogens (tertiary/aromatic N) is 3. The van der Waals surface area contributed by atoms with Gasteiger partial charge in [0, 0.05) is 57.3 Å². The number of benzene rings is 1. The number of amides is 1. The number of ether oxygens (including phenoxy) is 5. The Labute approximate surface area is 308 Å². The lowest BCUT2D eigenvalue weighted by Crippen LogP contribution is -2.70. The van der Waals surface area contributed by atoms with Crippen LogP contribution in [0.25, 0.3) is 0 Å². The summed E-state index contributed by atoms with van der Waals surface area (Å²) in [5.41, 5.74) is 2.68. The van der Waals surface area contributed by atoms with Crippen LogP contribution in [0, 0.1) is 17.8 Å². The van der Waals surface area contributed by atoms with Gasteiger partial charge < -0.3 is 43.8 Å². The molecule has 290 valence electrons. The molecule has 4 aliphatic rings. The minimum Gasteiger partial charge on any atom is -0.492 e. The fourth-order valence-electron chi connectivity index (χ4n) is 8.29. The Morgan fingerprint density at radius 1 is 1.10 bits per heavy atom. The van der Waals surface area contributed by atoms with Crippen molar-refractivity contribution in [3.63, 3.8) is 0 Å². The van der Waals surface area contributed by atoms with Crippen molar-refractivity contribution < 1.29 is 48.6 Å². The number of hydrogen-bond donors (Lipinski definition) is 3. The molecule has 52 heavy (non-hydrogen) atoms. The van der Waals surface area contributed by atoms with E-state index >= 15 is 0 Å². The lowest BCUT2D eigenvalue weighted by molar-refractivity contribution is -0.255. The minimum atomic E-state index is -1.39. The van der Waals surface area contributed by atoms with E-state index in [0.717, 1.165) is 62.2 Å². The number of allylic oxidation sites excluding steroid dienone is 1. The van der Waals surface area contributed by atoms with E-state index in [2.05, 4.69) is 23.6 Å². The number of rotatable bonds is 23. The molecule has 1 saturated heterocycles. The van der Waals surface area contributed by atoms with E-state index in [1.165, 1.54) is 7.11 Å². The molecule has 3 N–H and O–H groups in total. The van der Waals surface area contributed by atoms with Gasteiger partial charge in [-0.2, -0.15) is 0 Å². The van der Waals surface area contributed by atoms with Crippen molar-refractivity contribution in [2.75, 3.05) is 86.1 Å². The van der Waals surface area contributed by atoms with Gasteiger partial charge in [-0.15, -0.1) is 6.58 Å². The second-order valence-corrected chi connectivity index (χ2v) is 13.9. The van der Waals surface area contributed by atoms with Crippen LogP contribution in [-0.4, -0.2) is 135 Å². The molecule has 1 aromatic carbocycles. The molecule has 6 atom stereocenters. The van der Waals surface area contributed by atoms with Crippen molar-refractivity contribution in [1.82, 2.24) is 9.80 Å². The molecule has 13 heteroatoms. The van der Waals surface area contributed by atoms with Crippen LogP contribution in [-0.2, 0) is 19.0 Å². The van der Waals surface area contributed by atoms with Crippen molar-refractivity contribution in [2.24, 2.45) is 22.9 Å². The lowest BCUT2D eigenvalue weighted by atomic mass is 9.55. The molecule has 6 unspecified atom stereocenters. The second-order valence-electron chi connectivity index (χ2n) is 13.9. The SMILES string of the molecule is C=CCOC12Oc3ccc(OCCN4CC4)cc3C3C(CCCCO)C(CCCCO)C=C(C(=NOCC)CC1N(CCOCCO)C(=O)OC)C32. The molecule has 0 radical (unpaired) electrons. The summed E-state index contributed by atoms with van der Waals surface area (Å²) in [6, 6.07) is 5.27. The van der Waals surface area contributed by atoms with Crippen molar-refractivity contribution >= 4 is 11.8 Å². The van der Waals surface area contributed by atoms with Crippen molar-refractivity contribution in [3.8, 4) is 11.5 Å². The zero-order valence-electron chi connectivity index (χ0n) is 31.0. The molecule has 1 aromatic rings. The van der Waals surface area contributed by atoms with Crippen molar-refractivity contribution in [3.05, 3.63) is 48.1 Å². The van der Waals surface area contributed by atoms with Gasteiger partial charge in [0.1, 0.15) is 30.8 Å². The Balaban J connectivity index is 1.71. The summed E-state index contributed by atoms with van der Waals surface area (Å²) in [4.78, 5) is 23.4. The lowest BCUT2D eigenvalue weighted by Gasteiger charge is -2.59.